The molecule has 7 nitrogen and oxygen atoms in total. The van der Waals surface area contributed by atoms with Crippen LogP contribution in [0.5, 0.6) is 0 Å². The third-order valence-corrected chi connectivity index (χ3v) is 3.87. The number of carbonyl (C=O) groups excluding carboxylic acids is 2. The van der Waals surface area contributed by atoms with Crippen LogP contribution in [0.4, 0.5) is 10.5 Å². The molecule has 2 rings (SSSR count). The van der Waals surface area contributed by atoms with Crippen molar-refractivity contribution < 1.29 is 9.59 Å². The zero-order valence-electron chi connectivity index (χ0n) is 14.9. The number of aromatic nitrogens is 2. The van der Waals surface area contributed by atoms with Crippen molar-refractivity contribution in [1.82, 2.24) is 20.4 Å². The molecular weight excluding hydrogens is 318 g/mol. The van der Waals surface area contributed by atoms with Crippen LogP contribution >= 0.6 is 0 Å². The van der Waals surface area contributed by atoms with Gasteiger partial charge in [0, 0.05) is 25.7 Å². The van der Waals surface area contributed by atoms with E-state index in [1.165, 1.54) is 0 Å². The Labute approximate surface area is 147 Å². The van der Waals surface area contributed by atoms with Gasteiger partial charge in [-0.2, -0.15) is 5.10 Å². The number of hydrogen-bond acceptors (Lipinski definition) is 3. The summed E-state index contributed by atoms with van der Waals surface area (Å²) in [7, 11) is 0. The summed E-state index contributed by atoms with van der Waals surface area (Å²) in [5.41, 5.74) is 3.49. The molecule has 7 heteroatoms. The van der Waals surface area contributed by atoms with Crippen LogP contribution in [0, 0.1) is 0 Å². The van der Waals surface area contributed by atoms with Crippen LogP contribution in [0.25, 0.3) is 0 Å². The standard InChI is InChI=1S/C18H25N5O2/c1-4-15-10-17(22-21-15)11-19-18(25)20-16-8-6-7-14(9-16)12-23(5-2)13(3)24/h6-10H,4-5,11-12H2,1-3H3,(H,21,22)(H2,19,20,25). The highest BCUT2D eigenvalue weighted by atomic mass is 16.2. The van der Waals surface area contributed by atoms with Crippen LogP contribution in [0.1, 0.15) is 37.7 Å². The molecule has 0 saturated heterocycles. The SMILES string of the molecule is CCc1cc(CNC(=O)Nc2cccc(CN(CC)C(C)=O)c2)[nH]n1. The molecule has 0 radical (unpaired) electrons. The summed E-state index contributed by atoms with van der Waals surface area (Å²) in [6.07, 6.45) is 0.852. The van der Waals surface area contributed by atoms with Gasteiger partial charge < -0.3 is 15.5 Å². The number of nitrogens with zero attached hydrogens (tertiary/aromatic N) is 2. The molecule has 1 aromatic carbocycles. The zero-order valence-corrected chi connectivity index (χ0v) is 14.9. The van der Waals surface area contributed by atoms with Crippen LogP contribution in [0.3, 0.4) is 0 Å². The Hall–Kier alpha value is -2.83. The molecule has 1 aromatic heterocycles. The Balaban J connectivity index is 1.89. The predicted octanol–water partition coefficient (Wildman–Crippen LogP) is 2.66. The van der Waals surface area contributed by atoms with E-state index in [0.717, 1.165) is 23.4 Å². The molecule has 0 spiro atoms. The third-order valence-electron chi connectivity index (χ3n) is 3.87. The molecule has 0 aliphatic rings. The minimum atomic E-state index is -0.288. The van der Waals surface area contributed by atoms with Crippen LogP contribution in [-0.4, -0.2) is 33.6 Å². The second kappa shape index (κ2) is 8.86. The minimum Gasteiger partial charge on any atom is -0.339 e. The van der Waals surface area contributed by atoms with Gasteiger partial charge >= 0.3 is 6.03 Å². The summed E-state index contributed by atoms with van der Waals surface area (Å²) >= 11 is 0. The average Bonchev–Trinajstić information content (AvgIpc) is 3.06. The average molecular weight is 343 g/mol. The molecule has 3 amide bonds. The van der Waals surface area contributed by atoms with Crippen LogP contribution in [0.2, 0.25) is 0 Å². The van der Waals surface area contributed by atoms with E-state index in [1.807, 2.05) is 44.2 Å². The van der Waals surface area contributed by atoms with Crippen LogP contribution in [-0.2, 0) is 24.3 Å². The van der Waals surface area contributed by atoms with Gasteiger partial charge in [-0.05, 0) is 37.1 Å². The Bertz CT molecular complexity index is 726. The van der Waals surface area contributed by atoms with E-state index in [9.17, 15) is 9.59 Å². The maximum absolute atomic E-state index is 12.0. The molecule has 0 unspecified atom stereocenters. The Morgan fingerprint density at radius 1 is 1.24 bits per heavy atom. The van der Waals surface area contributed by atoms with Crippen molar-refractivity contribution in [3.8, 4) is 0 Å². The lowest BCUT2D eigenvalue weighted by atomic mass is 10.2. The Kier molecular flexibility index (Phi) is 6.56. The Morgan fingerprint density at radius 3 is 2.68 bits per heavy atom. The first kappa shape index (κ1) is 18.5. The molecule has 0 atom stereocenters. The van der Waals surface area contributed by atoms with Crippen molar-refractivity contribution in [3.05, 3.63) is 47.3 Å². The zero-order chi connectivity index (χ0) is 18.2. The lowest BCUT2D eigenvalue weighted by Crippen LogP contribution is -2.29. The van der Waals surface area contributed by atoms with Gasteiger partial charge in [0.2, 0.25) is 5.91 Å². The number of hydrogen-bond donors (Lipinski definition) is 3. The highest BCUT2D eigenvalue weighted by Gasteiger charge is 2.08. The Morgan fingerprint density at radius 2 is 2.04 bits per heavy atom. The van der Waals surface area contributed by atoms with Crippen LogP contribution in [0.15, 0.2) is 30.3 Å². The topological polar surface area (TPSA) is 90.1 Å². The first-order chi connectivity index (χ1) is 12.0. The fourth-order valence-corrected chi connectivity index (χ4v) is 2.45. The molecule has 2 aromatic rings. The highest BCUT2D eigenvalue weighted by molar-refractivity contribution is 5.89. The van der Waals surface area contributed by atoms with E-state index in [1.54, 1.807) is 11.8 Å². The maximum atomic E-state index is 12.0. The van der Waals surface area contributed by atoms with Gasteiger partial charge in [-0.15, -0.1) is 0 Å². The van der Waals surface area contributed by atoms with E-state index in [-0.39, 0.29) is 11.9 Å². The van der Waals surface area contributed by atoms with E-state index in [0.29, 0.717) is 25.3 Å². The van der Waals surface area contributed by atoms with Crippen molar-refractivity contribution in [3.63, 3.8) is 0 Å². The first-order valence-corrected chi connectivity index (χ1v) is 8.44. The summed E-state index contributed by atoms with van der Waals surface area (Å²) < 4.78 is 0. The fraction of sp³-hybridized carbons (Fsp3) is 0.389. The van der Waals surface area contributed by atoms with E-state index < -0.39 is 0 Å². The lowest BCUT2D eigenvalue weighted by Gasteiger charge is -2.19. The monoisotopic (exact) mass is 343 g/mol. The number of aryl methyl sites for hydroxylation is 1. The smallest absolute Gasteiger partial charge is 0.319 e. The summed E-state index contributed by atoms with van der Waals surface area (Å²) in [6, 6.07) is 9.13. The van der Waals surface area contributed by atoms with E-state index >= 15 is 0 Å². The molecule has 0 bridgehead atoms. The number of rotatable bonds is 7. The number of aromatic amines is 1. The fourth-order valence-electron chi connectivity index (χ4n) is 2.45. The summed E-state index contributed by atoms with van der Waals surface area (Å²) in [5.74, 6) is 0.0320. The molecule has 1 heterocycles. The number of amides is 3. The molecule has 0 saturated carbocycles. The van der Waals surface area contributed by atoms with Crippen molar-refractivity contribution in [1.29, 1.82) is 0 Å². The largest absolute Gasteiger partial charge is 0.339 e. The number of benzene rings is 1. The van der Waals surface area contributed by atoms with Crippen LogP contribution < -0.4 is 10.6 Å². The number of anilines is 1. The van der Waals surface area contributed by atoms with Gasteiger partial charge in [0.15, 0.2) is 0 Å². The number of carbonyl (C=O) groups is 2. The van der Waals surface area contributed by atoms with Gasteiger partial charge in [0.05, 0.1) is 17.9 Å². The van der Waals surface area contributed by atoms with E-state index in [4.69, 9.17) is 0 Å². The molecule has 3 N–H and O–H groups in total. The number of urea groups is 1. The number of H-pyrrole nitrogens is 1. The van der Waals surface area contributed by atoms with Crippen molar-refractivity contribution in [2.45, 2.75) is 40.3 Å². The van der Waals surface area contributed by atoms with E-state index in [2.05, 4.69) is 20.8 Å². The summed E-state index contributed by atoms with van der Waals surface area (Å²) in [5, 5.41) is 12.6. The van der Waals surface area contributed by atoms with Gasteiger partial charge in [0.1, 0.15) is 0 Å². The molecule has 134 valence electrons. The van der Waals surface area contributed by atoms with Gasteiger partial charge in [-0.1, -0.05) is 19.1 Å². The first-order valence-electron chi connectivity index (χ1n) is 8.44. The third kappa shape index (κ3) is 5.63. The van der Waals surface area contributed by atoms with Gasteiger partial charge in [-0.25, -0.2) is 4.79 Å². The normalized spacial score (nSPS) is 10.4. The molecule has 0 aliphatic carbocycles. The quantitative estimate of drug-likeness (QED) is 0.722. The lowest BCUT2D eigenvalue weighted by molar-refractivity contribution is -0.129. The van der Waals surface area contributed by atoms with Gasteiger partial charge in [-0.3, -0.25) is 9.89 Å². The summed E-state index contributed by atoms with van der Waals surface area (Å²) in [6.45, 7) is 7.08. The molecule has 0 aliphatic heterocycles. The molecule has 25 heavy (non-hydrogen) atoms. The second-order valence-corrected chi connectivity index (χ2v) is 5.78. The highest BCUT2D eigenvalue weighted by Crippen LogP contribution is 2.13. The molecule has 0 fully saturated rings. The maximum Gasteiger partial charge on any atom is 0.319 e. The predicted molar refractivity (Wildman–Crippen MR) is 97.0 cm³/mol. The van der Waals surface area contributed by atoms with Crippen molar-refractivity contribution >= 4 is 17.6 Å². The second-order valence-electron chi connectivity index (χ2n) is 5.78. The summed E-state index contributed by atoms with van der Waals surface area (Å²) in [4.78, 5) is 25.3. The van der Waals surface area contributed by atoms with Gasteiger partial charge in [0.25, 0.3) is 0 Å². The minimum absolute atomic E-state index is 0.0320. The molecular formula is C18H25N5O2. The van der Waals surface area contributed by atoms with Crippen molar-refractivity contribution in [2.24, 2.45) is 0 Å². The van der Waals surface area contributed by atoms with Crippen molar-refractivity contribution in [2.75, 3.05) is 11.9 Å². The number of nitrogens with one attached hydrogen (secondary N) is 3.